The van der Waals surface area contributed by atoms with Crippen LogP contribution in [0.1, 0.15) is 36.7 Å². The van der Waals surface area contributed by atoms with E-state index < -0.39 is 0 Å². The van der Waals surface area contributed by atoms with Crippen molar-refractivity contribution < 1.29 is 0 Å². The molecule has 3 nitrogen and oxygen atoms in total. The van der Waals surface area contributed by atoms with Crippen molar-refractivity contribution >= 4 is 49.7 Å². The lowest BCUT2D eigenvalue weighted by molar-refractivity contribution is 0.908. The second kappa shape index (κ2) is 10.1. The standard InChI is InChI=1S/C38H25N3.C2H6/c1-2-12-28(13-3-1)40-34-17-9-7-15-31(34)37-36(40)24-39-38(37)27-19-21-35-32(23-27)30-14-6-8-16-33(30)41(35)29-20-18-25-10-4-5-11-26(25)22-29;1-2/h1-24,38H;1-2H3. The molecule has 1 unspecified atom stereocenters. The van der Waals surface area contributed by atoms with Gasteiger partial charge < -0.3 is 9.13 Å². The normalized spacial score (nSPS) is 14.0. The average molecular weight is 554 g/mol. The number of para-hydroxylation sites is 3. The molecule has 1 aliphatic rings. The Kier molecular flexibility index (Phi) is 5.97. The summed E-state index contributed by atoms with van der Waals surface area (Å²) in [5.41, 5.74) is 9.63. The third kappa shape index (κ3) is 3.85. The number of rotatable bonds is 3. The summed E-state index contributed by atoms with van der Waals surface area (Å²) >= 11 is 0. The maximum atomic E-state index is 5.10. The molecule has 8 aromatic rings. The van der Waals surface area contributed by atoms with E-state index >= 15 is 0 Å². The summed E-state index contributed by atoms with van der Waals surface area (Å²) in [6.45, 7) is 4.00. The zero-order chi connectivity index (χ0) is 28.9. The first-order valence-electron chi connectivity index (χ1n) is 15.1. The molecule has 6 aromatic carbocycles. The second-order valence-electron chi connectivity index (χ2n) is 10.8. The van der Waals surface area contributed by atoms with Crippen LogP contribution in [0.15, 0.2) is 145 Å². The number of hydrogen-bond donors (Lipinski definition) is 0. The highest BCUT2D eigenvalue weighted by Gasteiger charge is 2.29. The Bertz CT molecular complexity index is 2320. The molecular weight excluding hydrogens is 522 g/mol. The summed E-state index contributed by atoms with van der Waals surface area (Å²) < 4.78 is 4.74. The lowest BCUT2D eigenvalue weighted by Crippen LogP contribution is -1.99. The van der Waals surface area contributed by atoms with Gasteiger partial charge in [0.25, 0.3) is 0 Å². The van der Waals surface area contributed by atoms with Crippen LogP contribution in [0.2, 0.25) is 0 Å². The molecule has 1 aliphatic heterocycles. The van der Waals surface area contributed by atoms with Crippen LogP contribution < -0.4 is 0 Å². The molecule has 0 N–H and O–H groups in total. The number of hydrogen-bond acceptors (Lipinski definition) is 1. The molecule has 3 heterocycles. The lowest BCUT2D eigenvalue weighted by atomic mass is 9.97. The number of fused-ring (bicyclic) bond motifs is 7. The van der Waals surface area contributed by atoms with Crippen molar-refractivity contribution in [2.75, 3.05) is 0 Å². The minimum absolute atomic E-state index is 0.0490. The third-order valence-electron chi connectivity index (χ3n) is 8.59. The fourth-order valence-corrected chi connectivity index (χ4v) is 6.78. The molecule has 0 saturated carbocycles. The molecule has 9 rings (SSSR count). The summed E-state index contributed by atoms with van der Waals surface area (Å²) in [6, 6.07) is 50.2. The first-order chi connectivity index (χ1) is 21.3. The smallest absolute Gasteiger partial charge is 0.103 e. The van der Waals surface area contributed by atoms with Gasteiger partial charge >= 0.3 is 0 Å². The Morgan fingerprint density at radius 3 is 1.95 bits per heavy atom. The molecule has 0 radical (unpaired) electrons. The maximum Gasteiger partial charge on any atom is 0.103 e. The van der Waals surface area contributed by atoms with E-state index in [1.54, 1.807) is 0 Å². The highest BCUT2D eigenvalue weighted by atomic mass is 15.0. The molecule has 0 amide bonds. The Labute approximate surface area is 251 Å². The van der Waals surface area contributed by atoms with Gasteiger partial charge in [-0.1, -0.05) is 105 Å². The molecule has 0 saturated heterocycles. The predicted molar refractivity (Wildman–Crippen MR) is 182 cm³/mol. The zero-order valence-electron chi connectivity index (χ0n) is 24.3. The van der Waals surface area contributed by atoms with Crippen molar-refractivity contribution in [3.63, 3.8) is 0 Å². The molecule has 2 aromatic heterocycles. The zero-order valence-corrected chi connectivity index (χ0v) is 24.3. The first kappa shape index (κ1) is 25.3. The average Bonchev–Trinajstić information content (AvgIpc) is 3.75. The van der Waals surface area contributed by atoms with Crippen molar-refractivity contribution in [2.24, 2.45) is 4.99 Å². The van der Waals surface area contributed by atoms with Crippen LogP contribution in [0.4, 0.5) is 0 Å². The van der Waals surface area contributed by atoms with Crippen molar-refractivity contribution in [1.29, 1.82) is 0 Å². The topological polar surface area (TPSA) is 22.2 Å². The van der Waals surface area contributed by atoms with E-state index in [2.05, 4.69) is 155 Å². The Hall–Kier alpha value is -5.41. The molecule has 43 heavy (non-hydrogen) atoms. The highest BCUT2D eigenvalue weighted by Crippen LogP contribution is 2.43. The van der Waals surface area contributed by atoms with Gasteiger partial charge in [0.2, 0.25) is 0 Å². The van der Waals surface area contributed by atoms with Crippen LogP contribution in [0.5, 0.6) is 0 Å². The van der Waals surface area contributed by atoms with E-state index in [9.17, 15) is 0 Å². The second-order valence-corrected chi connectivity index (χ2v) is 10.8. The summed E-state index contributed by atoms with van der Waals surface area (Å²) in [6.07, 6.45) is 2.07. The molecule has 0 spiro atoms. The molecular formula is C40H31N3. The highest BCUT2D eigenvalue weighted by molar-refractivity contribution is 6.10. The van der Waals surface area contributed by atoms with Gasteiger partial charge in [-0.3, -0.25) is 4.99 Å². The summed E-state index contributed by atoms with van der Waals surface area (Å²) in [7, 11) is 0. The Morgan fingerprint density at radius 2 is 1.14 bits per heavy atom. The third-order valence-corrected chi connectivity index (χ3v) is 8.59. The van der Waals surface area contributed by atoms with Gasteiger partial charge in [0.15, 0.2) is 0 Å². The van der Waals surface area contributed by atoms with Crippen molar-refractivity contribution in [1.82, 2.24) is 9.13 Å². The lowest BCUT2D eigenvalue weighted by Gasteiger charge is -2.12. The van der Waals surface area contributed by atoms with Crippen LogP contribution in [-0.2, 0) is 0 Å². The Morgan fingerprint density at radius 1 is 0.488 bits per heavy atom. The van der Waals surface area contributed by atoms with Gasteiger partial charge in [-0.15, -0.1) is 0 Å². The quantitative estimate of drug-likeness (QED) is 0.208. The van der Waals surface area contributed by atoms with Gasteiger partial charge in [-0.25, -0.2) is 0 Å². The summed E-state index contributed by atoms with van der Waals surface area (Å²) in [5, 5.41) is 6.26. The number of aromatic nitrogens is 2. The summed E-state index contributed by atoms with van der Waals surface area (Å²) in [5.74, 6) is 0. The van der Waals surface area contributed by atoms with E-state index in [4.69, 9.17) is 4.99 Å². The molecule has 0 bridgehead atoms. The van der Waals surface area contributed by atoms with Crippen molar-refractivity contribution in [2.45, 2.75) is 19.9 Å². The van der Waals surface area contributed by atoms with Crippen LogP contribution in [0, 0.1) is 0 Å². The van der Waals surface area contributed by atoms with Crippen LogP contribution in [-0.4, -0.2) is 15.3 Å². The molecule has 1 atom stereocenters. The van der Waals surface area contributed by atoms with E-state index in [-0.39, 0.29) is 6.04 Å². The minimum Gasteiger partial charge on any atom is -0.309 e. The molecule has 206 valence electrons. The van der Waals surface area contributed by atoms with Gasteiger partial charge in [0, 0.05) is 39.3 Å². The molecule has 0 aliphatic carbocycles. The van der Waals surface area contributed by atoms with Crippen molar-refractivity contribution in [3.8, 4) is 11.4 Å². The fraction of sp³-hybridized carbons (Fsp3) is 0.0750. The van der Waals surface area contributed by atoms with Gasteiger partial charge in [-0.05, 0) is 64.9 Å². The van der Waals surface area contributed by atoms with Crippen LogP contribution in [0.25, 0.3) is 54.9 Å². The van der Waals surface area contributed by atoms with E-state index in [0.29, 0.717) is 0 Å². The molecule has 0 fully saturated rings. The summed E-state index contributed by atoms with van der Waals surface area (Å²) in [4.78, 5) is 5.10. The number of benzene rings is 6. The predicted octanol–water partition coefficient (Wildman–Crippen LogP) is 10.4. The van der Waals surface area contributed by atoms with Crippen molar-refractivity contribution in [3.05, 3.63) is 156 Å². The van der Waals surface area contributed by atoms with Crippen LogP contribution in [0.3, 0.4) is 0 Å². The van der Waals surface area contributed by atoms with E-state index in [1.807, 2.05) is 13.8 Å². The molecule has 3 heteroatoms. The SMILES string of the molecule is C1=NC(c2ccc3c(c2)c2ccccc2n3-c2ccc3ccccc3c2)c2c1n(-c1ccccc1)c1ccccc21.CC. The fourth-order valence-electron chi connectivity index (χ4n) is 6.78. The Balaban J connectivity index is 0.00000136. The largest absolute Gasteiger partial charge is 0.309 e. The van der Waals surface area contributed by atoms with Gasteiger partial charge in [0.05, 0.1) is 22.2 Å². The monoisotopic (exact) mass is 553 g/mol. The van der Waals surface area contributed by atoms with Gasteiger partial charge in [-0.2, -0.15) is 0 Å². The van der Waals surface area contributed by atoms with E-state index in [1.165, 1.54) is 66.0 Å². The number of aliphatic imine (C=N–C) groups is 1. The van der Waals surface area contributed by atoms with Gasteiger partial charge in [0.1, 0.15) is 6.04 Å². The van der Waals surface area contributed by atoms with Crippen LogP contribution >= 0.6 is 0 Å². The van der Waals surface area contributed by atoms with E-state index in [0.717, 1.165) is 5.69 Å². The minimum atomic E-state index is -0.0490. The first-order valence-corrected chi connectivity index (χ1v) is 15.1. The number of nitrogens with zero attached hydrogens (tertiary/aromatic N) is 3. The maximum absolute atomic E-state index is 5.10.